The van der Waals surface area contributed by atoms with E-state index in [1.165, 1.54) is 0 Å². The lowest BCUT2D eigenvalue weighted by atomic mass is 9.92. The molecule has 0 spiro atoms. The van der Waals surface area contributed by atoms with Gasteiger partial charge in [-0.2, -0.15) is 0 Å². The van der Waals surface area contributed by atoms with E-state index in [0.29, 0.717) is 17.9 Å². The third-order valence-corrected chi connectivity index (χ3v) is 5.60. The van der Waals surface area contributed by atoms with Gasteiger partial charge < -0.3 is 10.1 Å². The van der Waals surface area contributed by atoms with Gasteiger partial charge in [0.15, 0.2) is 0 Å². The Morgan fingerprint density at radius 3 is 2.57 bits per heavy atom. The second-order valence-corrected chi connectivity index (χ2v) is 9.04. The van der Waals surface area contributed by atoms with E-state index in [1.807, 2.05) is 69.3 Å². The van der Waals surface area contributed by atoms with E-state index in [9.17, 15) is 9.59 Å². The van der Waals surface area contributed by atoms with Crippen LogP contribution >= 0.6 is 11.8 Å². The molecule has 0 bridgehead atoms. The summed E-state index contributed by atoms with van der Waals surface area (Å²) in [6.07, 6.45) is 0.425. The van der Waals surface area contributed by atoms with Gasteiger partial charge in [0, 0.05) is 17.7 Å². The Morgan fingerprint density at radius 1 is 1.18 bits per heavy atom. The van der Waals surface area contributed by atoms with Crippen molar-refractivity contribution in [3.05, 3.63) is 54.1 Å². The van der Waals surface area contributed by atoms with E-state index in [2.05, 4.69) is 5.32 Å². The monoisotopic (exact) mass is 398 g/mol. The van der Waals surface area contributed by atoms with Gasteiger partial charge in [0.1, 0.15) is 11.1 Å². The number of carbonyl (C=O) groups excluding carboxylic acids is 2. The predicted octanol–water partition coefficient (Wildman–Crippen LogP) is 4.85. The third-order valence-electron chi connectivity index (χ3n) is 4.40. The fraction of sp³-hybridized carbons (Fsp3) is 0.364. The molecule has 0 unspecified atom stereocenters. The molecule has 0 saturated carbocycles. The molecule has 1 aliphatic rings. The van der Waals surface area contributed by atoms with Gasteiger partial charge in [-0.25, -0.2) is 0 Å². The quantitative estimate of drug-likeness (QED) is 0.782. The number of amides is 2. The first kappa shape index (κ1) is 20.3. The number of nitrogens with one attached hydrogen (secondary N) is 1. The molecule has 3 rings (SSSR count). The van der Waals surface area contributed by atoms with E-state index < -0.39 is 0 Å². The van der Waals surface area contributed by atoms with E-state index in [4.69, 9.17) is 4.74 Å². The fourth-order valence-electron chi connectivity index (χ4n) is 3.25. The zero-order chi connectivity index (χ0) is 20.3. The number of hydrogen-bond acceptors (Lipinski definition) is 4. The van der Waals surface area contributed by atoms with Crippen molar-refractivity contribution in [1.82, 2.24) is 0 Å². The van der Waals surface area contributed by atoms with E-state index >= 15 is 0 Å². The van der Waals surface area contributed by atoms with Crippen LogP contribution in [0.25, 0.3) is 0 Å². The van der Waals surface area contributed by atoms with Crippen molar-refractivity contribution < 1.29 is 14.3 Å². The summed E-state index contributed by atoms with van der Waals surface area (Å²) in [5, 5.41) is 2.81. The Hall–Kier alpha value is -2.47. The van der Waals surface area contributed by atoms with Gasteiger partial charge in [0.2, 0.25) is 11.8 Å². The van der Waals surface area contributed by atoms with Crippen LogP contribution in [0.15, 0.2) is 48.5 Å². The van der Waals surface area contributed by atoms with E-state index in [0.717, 1.165) is 16.9 Å². The minimum atomic E-state index is -0.227. The zero-order valence-electron chi connectivity index (χ0n) is 16.7. The molecule has 2 aromatic rings. The van der Waals surface area contributed by atoms with Crippen LogP contribution in [0.4, 0.5) is 11.4 Å². The SMILES string of the molecule is COc1ccccc1N1C(=O)CS[C@@H]1c1ccccc1NC(=O)CC(C)(C)C. The maximum absolute atomic E-state index is 12.7. The minimum Gasteiger partial charge on any atom is -0.495 e. The third kappa shape index (κ3) is 4.50. The van der Waals surface area contributed by atoms with Gasteiger partial charge in [0.25, 0.3) is 0 Å². The molecule has 28 heavy (non-hydrogen) atoms. The summed E-state index contributed by atoms with van der Waals surface area (Å²) in [5.41, 5.74) is 2.29. The number of carbonyl (C=O) groups is 2. The van der Waals surface area contributed by atoms with Crippen LogP contribution in [0, 0.1) is 5.41 Å². The highest BCUT2D eigenvalue weighted by molar-refractivity contribution is 8.00. The number of hydrogen-bond donors (Lipinski definition) is 1. The second kappa shape index (κ2) is 8.27. The lowest BCUT2D eigenvalue weighted by Gasteiger charge is -2.27. The molecular weight excluding hydrogens is 372 g/mol. The van der Waals surface area contributed by atoms with Crippen molar-refractivity contribution in [1.29, 1.82) is 0 Å². The molecule has 5 nitrogen and oxygen atoms in total. The molecule has 1 fully saturated rings. The zero-order valence-corrected chi connectivity index (χ0v) is 17.5. The minimum absolute atomic E-state index is 0.0234. The molecular formula is C22H26N2O3S. The predicted molar refractivity (Wildman–Crippen MR) is 115 cm³/mol. The van der Waals surface area contributed by atoms with Crippen LogP contribution in [-0.4, -0.2) is 24.7 Å². The Bertz CT molecular complexity index is 876. The van der Waals surface area contributed by atoms with Gasteiger partial charge in [-0.3, -0.25) is 14.5 Å². The summed E-state index contributed by atoms with van der Waals surface area (Å²) < 4.78 is 5.47. The van der Waals surface area contributed by atoms with Crippen LogP contribution in [0.5, 0.6) is 5.75 Å². The summed E-state index contributed by atoms with van der Waals surface area (Å²) in [7, 11) is 1.60. The van der Waals surface area contributed by atoms with Gasteiger partial charge in [0.05, 0.1) is 18.6 Å². The van der Waals surface area contributed by atoms with Crippen LogP contribution in [0.2, 0.25) is 0 Å². The van der Waals surface area contributed by atoms with Crippen molar-refractivity contribution in [2.75, 3.05) is 23.1 Å². The Labute approximate surface area is 170 Å². The molecule has 6 heteroatoms. The standard InChI is InChI=1S/C22H26N2O3S/c1-22(2,3)13-19(25)23-16-10-6-5-9-15(16)21-24(20(26)14-28-21)17-11-7-8-12-18(17)27-4/h5-12,21H,13-14H2,1-4H3,(H,23,25)/t21-/m1/s1. The van der Waals surface area contributed by atoms with Crippen LogP contribution < -0.4 is 15.0 Å². The number of methoxy groups -OCH3 is 1. The summed E-state index contributed by atoms with van der Waals surface area (Å²) >= 11 is 1.55. The van der Waals surface area contributed by atoms with E-state index in [1.54, 1.807) is 23.8 Å². The number of para-hydroxylation sites is 3. The molecule has 1 aliphatic heterocycles. The van der Waals surface area contributed by atoms with E-state index in [-0.39, 0.29) is 22.6 Å². The van der Waals surface area contributed by atoms with Crippen molar-refractivity contribution in [2.24, 2.45) is 5.41 Å². The highest BCUT2D eigenvalue weighted by Gasteiger charge is 2.36. The Kier molecular flexibility index (Phi) is 5.98. The van der Waals surface area contributed by atoms with Crippen molar-refractivity contribution >= 4 is 35.0 Å². The fourth-order valence-corrected chi connectivity index (χ4v) is 4.45. The maximum atomic E-state index is 12.7. The number of thioether (sulfide) groups is 1. The molecule has 2 aromatic carbocycles. The first-order valence-corrected chi connectivity index (χ1v) is 10.3. The molecule has 148 valence electrons. The Morgan fingerprint density at radius 2 is 1.86 bits per heavy atom. The van der Waals surface area contributed by atoms with Gasteiger partial charge in [-0.15, -0.1) is 11.8 Å². The number of anilines is 2. The topological polar surface area (TPSA) is 58.6 Å². The Balaban J connectivity index is 1.94. The molecule has 1 N–H and O–H groups in total. The van der Waals surface area contributed by atoms with Crippen molar-refractivity contribution in [3.63, 3.8) is 0 Å². The van der Waals surface area contributed by atoms with Gasteiger partial charge >= 0.3 is 0 Å². The largest absolute Gasteiger partial charge is 0.495 e. The average Bonchev–Trinajstić information content (AvgIpc) is 3.01. The van der Waals surface area contributed by atoms with Crippen LogP contribution in [0.3, 0.4) is 0 Å². The normalized spacial score (nSPS) is 16.9. The molecule has 1 heterocycles. The first-order chi connectivity index (χ1) is 13.3. The molecule has 0 aliphatic carbocycles. The molecule has 0 aromatic heterocycles. The van der Waals surface area contributed by atoms with Gasteiger partial charge in [-0.1, -0.05) is 51.1 Å². The lowest BCUT2D eigenvalue weighted by molar-refractivity contribution is -0.118. The number of benzene rings is 2. The smallest absolute Gasteiger partial charge is 0.238 e. The maximum Gasteiger partial charge on any atom is 0.238 e. The lowest BCUT2D eigenvalue weighted by Crippen LogP contribution is -2.29. The first-order valence-electron chi connectivity index (χ1n) is 9.25. The summed E-state index contributed by atoms with van der Waals surface area (Å²) in [4.78, 5) is 27.0. The second-order valence-electron chi connectivity index (χ2n) is 7.97. The summed E-state index contributed by atoms with van der Waals surface area (Å²) in [5.74, 6) is 1.03. The van der Waals surface area contributed by atoms with Crippen molar-refractivity contribution in [2.45, 2.75) is 32.6 Å². The van der Waals surface area contributed by atoms with Gasteiger partial charge in [-0.05, 0) is 23.6 Å². The molecule has 1 atom stereocenters. The summed E-state index contributed by atoms with van der Waals surface area (Å²) in [6, 6.07) is 15.2. The number of rotatable bonds is 5. The summed E-state index contributed by atoms with van der Waals surface area (Å²) in [6.45, 7) is 6.11. The van der Waals surface area contributed by atoms with Crippen LogP contribution in [-0.2, 0) is 9.59 Å². The number of ether oxygens (including phenoxy) is 1. The average molecular weight is 399 g/mol. The highest BCUT2D eigenvalue weighted by atomic mass is 32.2. The molecule has 2 amide bonds. The molecule has 1 saturated heterocycles. The highest BCUT2D eigenvalue weighted by Crippen LogP contribution is 2.46. The molecule has 0 radical (unpaired) electrons. The number of nitrogens with zero attached hydrogens (tertiary/aromatic N) is 1. The van der Waals surface area contributed by atoms with Crippen LogP contribution in [0.1, 0.15) is 38.1 Å². The van der Waals surface area contributed by atoms with Crippen molar-refractivity contribution in [3.8, 4) is 5.75 Å².